The van der Waals surface area contributed by atoms with Crippen LogP contribution in [0.5, 0.6) is 0 Å². The molecule has 0 aliphatic carbocycles. The Morgan fingerprint density at radius 2 is 1.43 bits per heavy atom. The quantitative estimate of drug-likeness (QED) is 0.464. The summed E-state index contributed by atoms with van der Waals surface area (Å²) in [5, 5.41) is 0.470. The summed E-state index contributed by atoms with van der Waals surface area (Å²) in [6.07, 6.45) is 0. The first kappa shape index (κ1) is 22.0. The second kappa shape index (κ2) is 9.89. The van der Waals surface area contributed by atoms with Gasteiger partial charge in [0.05, 0.1) is 17.1 Å². The first-order valence-electron chi connectivity index (χ1n) is 9.46. The maximum atomic E-state index is 13.3. The van der Waals surface area contributed by atoms with Crippen LogP contribution in [0.2, 0.25) is 5.02 Å². The molecule has 0 bridgehead atoms. The third-order valence-electron chi connectivity index (χ3n) is 4.48. The summed E-state index contributed by atoms with van der Waals surface area (Å²) in [7, 11) is -3.77. The lowest BCUT2D eigenvalue weighted by molar-refractivity contribution is 0.0526. The van der Waals surface area contributed by atoms with Gasteiger partial charge in [0.15, 0.2) is 0 Å². The van der Waals surface area contributed by atoms with Crippen molar-refractivity contribution in [1.29, 1.82) is 0 Å². The van der Waals surface area contributed by atoms with Crippen LogP contribution in [0.4, 0.5) is 0 Å². The molecule has 3 aromatic carbocycles. The highest BCUT2D eigenvalue weighted by atomic mass is 35.5. The first-order chi connectivity index (χ1) is 14.4. The van der Waals surface area contributed by atoms with Crippen LogP contribution < -0.4 is 0 Å². The van der Waals surface area contributed by atoms with Gasteiger partial charge in [0, 0.05) is 18.1 Å². The van der Waals surface area contributed by atoms with Crippen molar-refractivity contribution in [1.82, 2.24) is 4.31 Å². The van der Waals surface area contributed by atoms with Crippen LogP contribution >= 0.6 is 11.6 Å². The molecule has 156 valence electrons. The predicted octanol–water partition coefficient (Wildman–Crippen LogP) is 4.91. The summed E-state index contributed by atoms with van der Waals surface area (Å²) in [6.45, 7) is 2.41. The zero-order valence-corrected chi connectivity index (χ0v) is 18.1. The molecule has 0 amide bonds. The van der Waals surface area contributed by atoms with E-state index in [0.717, 1.165) is 11.1 Å². The van der Waals surface area contributed by atoms with Crippen molar-refractivity contribution in [2.24, 2.45) is 0 Å². The Morgan fingerprint density at radius 3 is 2.00 bits per heavy atom. The number of benzene rings is 3. The zero-order chi connectivity index (χ0) is 21.6. The Bertz CT molecular complexity index is 1080. The summed E-state index contributed by atoms with van der Waals surface area (Å²) in [5.74, 6) is -0.404. The van der Waals surface area contributed by atoms with Crippen LogP contribution in [-0.2, 0) is 27.8 Å². The van der Waals surface area contributed by atoms with Crippen LogP contribution in [0.3, 0.4) is 0 Å². The fourth-order valence-electron chi connectivity index (χ4n) is 2.93. The Hall–Kier alpha value is -2.67. The second-order valence-electron chi connectivity index (χ2n) is 6.63. The van der Waals surface area contributed by atoms with Crippen LogP contribution in [0.15, 0.2) is 83.8 Å². The average molecular weight is 444 g/mol. The van der Waals surface area contributed by atoms with E-state index in [4.69, 9.17) is 16.3 Å². The second-order valence-corrected chi connectivity index (χ2v) is 9.00. The van der Waals surface area contributed by atoms with Gasteiger partial charge in [0.1, 0.15) is 0 Å². The van der Waals surface area contributed by atoms with Crippen LogP contribution in [0.1, 0.15) is 28.4 Å². The molecule has 0 atom stereocenters. The maximum absolute atomic E-state index is 13.3. The number of nitrogens with zero attached hydrogens (tertiary/aromatic N) is 1. The molecule has 5 nitrogen and oxygen atoms in total. The van der Waals surface area contributed by atoms with E-state index in [-0.39, 0.29) is 18.0 Å². The van der Waals surface area contributed by atoms with E-state index >= 15 is 0 Å². The fourth-order valence-corrected chi connectivity index (χ4v) is 4.48. The number of carbonyl (C=O) groups is 1. The van der Waals surface area contributed by atoms with Crippen molar-refractivity contribution >= 4 is 27.6 Å². The van der Waals surface area contributed by atoms with Crippen LogP contribution in [-0.4, -0.2) is 25.3 Å². The lowest BCUT2D eigenvalue weighted by Crippen LogP contribution is -2.30. The predicted molar refractivity (Wildman–Crippen MR) is 117 cm³/mol. The van der Waals surface area contributed by atoms with E-state index in [0.29, 0.717) is 17.2 Å². The van der Waals surface area contributed by atoms with Gasteiger partial charge in [0.2, 0.25) is 10.0 Å². The average Bonchev–Trinajstić information content (AvgIpc) is 2.75. The van der Waals surface area contributed by atoms with Crippen molar-refractivity contribution in [3.63, 3.8) is 0 Å². The number of hydrogen-bond donors (Lipinski definition) is 0. The van der Waals surface area contributed by atoms with E-state index in [1.807, 2.05) is 30.3 Å². The molecule has 0 fully saturated rings. The number of sulfonamides is 1. The molecule has 0 aliphatic rings. The van der Waals surface area contributed by atoms with E-state index in [9.17, 15) is 13.2 Å². The molecule has 0 unspecified atom stereocenters. The third kappa shape index (κ3) is 5.48. The lowest BCUT2D eigenvalue weighted by Gasteiger charge is -2.23. The first-order valence-corrected chi connectivity index (χ1v) is 11.3. The van der Waals surface area contributed by atoms with Gasteiger partial charge in [-0.2, -0.15) is 4.31 Å². The lowest BCUT2D eigenvalue weighted by atomic mass is 10.1. The molecular weight excluding hydrogens is 422 g/mol. The van der Waals surface area contributed by atoms with Crippen molar-refractivity contribution in [2.45, 2.75) is 24.9 Å². The normalized spacial score (nSPS) is 11.4. The molecule has 0 saturated carbocycles. The Balaban J connectivity index is 1.90. The number of hydrogen-bond acceptors (Lipinski definition) is 4. The van der Waals surface area contributed by atoms with Crippen LogP contribution in [0.25, 0.3) is 0 Å². The SMILES string of the molecule is CCOC(=O)c1ccc(CN(Cc2ccccc2)S(=O)(=O)c2ccc(Cl)cc2)cc1. The molecule has 0 aliphatic heterocycles. The van der Waals surface area contributed by atoms with Gasteiger partial charge in [-0.3, -0.25) is 0 Å². The van der Waals surface area contributed by atoms with Gasteiger partial charge >= 0.3 is 5.97 Å². The number of ether oxygens (including phenoxy) is 1. The third-order valence-corrected chi connectivity index (χ3v) is 6.54. The summed E-state index contributed by atoms with van der Waals surface area (Å²) in [4.78, 5) is 12.0. The molecular formula is C23H22ClNO4S. The van der Waals surface area contributed by atoms with Gasteiger partial charge in [0.25, 0.3) is 0 Å². The molecule has 0 radical (unpaired) electrons. The molecule has 0 N–H and O–H groups in total. The van der Waals surface area contributed by atoms with Crippen molar-refractivity contribution in [2.75, 3.05) is 6.61 Å². The minimum Gasteiger partial charge on any atom is -0.462 e. The number of esters is 1. The van der Waals surface area contributed by atoms with Crippen molar-refractivity contribution < 1.29 is 17.9 Å². The number of halogens is 1. The Kier molecular flexibility index (Phi) is 7.26. The summed E-state index contributed by atoms with van der Waals surface area (Å²) >= 11 is 5.92. The maximum Gasteiger partial charge on any atom is 0.338 e. The van der Waals surface area contributed by atoms with Crippen LogP contribution in [0, 0.1) is 0 Å². The largest absolute Gasteiger partial charge is 0.462 e. The number of carbonyl (C=O) groups excluding carboxylic acids is 1. The summed E-state index contributed by atoms with van der Waals surface area (Å²) in [5.41, 5.74) is 2.06. The molecule has 0 aromatic heterocycles. The van der Waals surface area contributed by atoms with E-state index < -0.39 is 16.0 Å². The zero-order valence-electron chi connectivity index (χ0n) is 16.5. The Labute approximate surface area is 181 Å². The molecule has 3 rings (SSSR count). The minimum absolute atomic E-state index is 0.156. The minimum atomic E-state index is -3.77. The summed E-state index contributed by atoms with van der Waals surface area (Å²) < 4.78 is 33.0. The van der Waals surface area contributed by atoms with Gasteiger partial charge in [-0.25, -0.2) is 13.2 Å². The molecule has 7 heteroatoms. The monoisotopic (exact) mass is 443 g/mol. The van der Waals surface area contributed by atoms with Gasteiger partial charge < -0.3 is 4.74 Å². The Morgan fingerprint density at radius 1 is 0.867 bits per heavy atom. The highest BCUT2D eigenvalue weighted by Crippen LogP contribution is 2.23. The number of rotatable bonds is 8. The standard InChI is InChI=1S/C23H22ClNO4S/c1-2-29-23(26)20-10-8-19(9-11-20)17-25(16-18-6-4-3-5-7-18)30(27,28)22-14-12-21(24)13-15-22/h3-15H,2,16-17H2,1H3. The molecule has 0 saturated heterocycles. The fraction of sp³-hybridized carbons (Fsp3) is 0.174. The highest BCUT2D eigenvalue weighted by molar-refractivity contribution is 7.89. The van der Waals surface area contributed by atoms with Gasteiger partial charge in [-0.15, -0.1) is 0 Å². The molecule has 0 spiro atoms. The molecule has 30 heavy (non-hydrogen) atoms. The van der Waals surface area contributed by atoms with Crippen molar-refractivity contribution in [3.05, 3.63) is 101 Å². The molecule has 3 aromatic rings. The van der Waals surface area contributed by atoms with Gasteiger partial charge in [-0.05, 0) is 54.4 Å². The van der Waals surface area contributed by atoms with E-state index in [1.54, 1.807) is 43.3 Å². The smallest absolute Gasteiger partial charge is 0.338 e. The van der Waals surface area contributed by atoms with Gasteiger partial charge in [-0.1, -0.05) is 54.1 Å². The highest BCUT2D eigenvalue weighted by Gasteiger charge is 2.25. The molecule has 0 heterocycles. The van der Waals surface area contributed by atoms with Crippen molar-refractivity contribution in [3.8, 4) is 0 Å². The van der Waals surface area contributed by atoms with E-state index in [2.05, 4.69) is 0 Å². The summed E-state index contributed by atoms with van der Waals surface area (Å²) in [6, 6.07) is 22.3. The topological polar surface area (TPSA) is 63.7 Å². The van der Waals surface area contributed by atoms with E-state index in [1.165, 1.54) is 16.4 Å².